The van der Waals surface area contributed by atoms with E-state index in [1.807, 2.05) is 68.0 Å². The van der Waals surface area contributed by atoms with Crippen LogP contribution in [0.3, 0.4) is 0 Å². The van der Waals surface area contributed by atoms with E-state index < -0.39 is 0 Å². The molecule has 0 atom stereocenters. The van der Waals surface area contributed by atoms with E-state index in [1.165, 1.54) is 0 Å². The molecule has 0 aliphatic heterocycles. The number of hydrogen-bond donors (Lipinski definition) is 0. The highest BCUT2D eigenvalue weighted by Gasteiger charge is 2.21. The van der Waals surface area contributed by atoms with Crippen LogP contribution in [0, 0.1) is 0 Å². The van der Waals surface area contributed by atoms with Crippen molar-refractivity contribution in [2.24, 2.45) is 0 Å². The number of hydrogen-bond acceptors (Lipinski definition) is 6. The molecule has 8 nitrogen and oxygen atoms in total. The zero-order chi connectivity index (χ0) is 24.4. The van der Waals surface area contributed by atoms with Gasteiger partial charge < -0.3 is 13.8 Å². The van der Waals surface area contributed by atoms with Gasteiger partial charge in [-0.3, -0.25) is 4.79 Å². The van der Waals surface area contributed by atoms with Gasteiger partial charge in [0.2, 0.25) is 0 Å². The highest BCUT2D eigenvalue weighted by Crippen LogP contribution is 2.27. The van der Waals surface area contributed by atoms with Crippen molar-refractivity contribution in [1.29, 1.82) is 0 Å². The van der Waals surface area contributed by atoms with E-state index in [9.17, 15) is 4.79 Å². The summed E-state index contributed by atoms with van der Waals surface area (Å²) in [6.45, 7) is 4.64. The van der Waals surface area contributed by atoms with E-state index in [-0.39, 0.29) is 11.9 Å². The minimum atomic E-state index is -0.0870. The lowest BCUT2D eigenvalue weighted by atomic mass is 10.1. The summed E-state index contributed by atoms with van der Waals surface area (Å²) in [6.07, 6.45) is 4.75. The summed E-state index contributed by atoms with van der Waals surface area (Å²) < 4.78 is 12.9. The minimum absolute atomic E-state index is 0.0870. The van der Waals surface area contributed by atoms with Crippen LogP contribution in [0.1, 0.15) is 42.4 Å². The molecule has 0 bridgehead atoms. The van der Waals surface area contributed by atoms with Crippen LogP contribution in [-0.4, -0.2) is 44.3 Å². The van der Waals surface area contributed by atoms with Crippen LogP contribution in [0.2, 0.25) is 0 Å². The van der Waals surface area contributed by atoms with Crippen LogP contribution in [0.5, 0.6) is 0 Å². The summed E-state index contributed by atoms with van der Waals surface area (Å²) >= 11 is 0. The van der Waals surface area contributed by atoms with E-state index in [0.29, 0.717) is 35.6 Å². The quantitative estimate of drug-likeness (QED) is 0.292. The third-order valence-electron chi connectivity index (χ3n) is 5.95. The molecule has 4 aromatic heterocycles. The van der Waals surface area contributed by atoms with Gasteiger partial charge in [0.1, 0.15) is 17.1 Å². The summed E-state index contributed by atoms with van der Waals surface area (Å²) in [5.41, 5.74) is 3.67. The lowest BCUT2D eigenvalue weighted by Crippen LogP contribution is -2.28. The number of aryl methyl sites for hydroxylation is 1. The SMILES string of the molecule is CC(C)n1ncc2c(C(=O)N(C)CCCc3cc(-c4ccccc4)no3)cc(-c3ccco3)nc21. The van der Waals surface area contributed by atoms with Gasteiger partial charge in [0.25, 0.3) is 5.91 Å². The second kappa shape index (κ2) is 9.58. The molecule has 0 N–H and O–H groups in total. The number of carbonyl (C=O) groups excluding carboxylic acids is 1. The van der Waals surface area contributed by atoms with Crippen LogP contribution >= 0.6 is 0 Å². The molecule has 0 saturated carbocycles. The summed E-state index contributed by atoms with van der Waals surface area (Å²) in [5.74, 6) is 1.32. The normalized spacial score (nSPS) is 11.4. The van der Waals surface area contributed by atoms with Crippen LogP contribution in [-0.2, 0) is 6.42 Å². The van der Waals surface area contributed by atoms with Crippen molar-refractivity contribution in [1.82, 2.24) is 24.8 Å². The molecule has 0 radical (unpaired) electrons. The molecule has 35 heavy (non-hydrogen) atoms. The molecule has 0 fully saturated rings. The van der Waals surface area contributed by atoms with Gasteiger partial charge in [0.05, 0.1) is 23.4 Å². The fourth-order valence-electron chi connectivity index (χ4n) is 4.10. The Balaban J connectivity index is 1.33. The molecule has 8 heteroatoms. The Labute approximate surface area is 203 Å². The van der Waals surface area contributed by atoms with Crippen molar-refractivity contribution >= 4 is 16.9 Å². The van der Waals surface area contributed by atoms with Crippen LogP contribution in [0.4, 0.5) is 0 Å². The fraction of sp³-hybridized carbons (Fsp3) is 0.259. The highest BCUT2D eigenvalue weighted by molar-refractivity contribution is 6.06. The minimum Gasteiger partial charge on any atom is -0.463 e. The van der Waals surface area contributed by atoms with Crippen LogP contribution < -0.4 is 0 Å². The third kappa shape index (κ3) is 4.59. The molecule has 0 unspecified atom stereocenters. The number of nitrogens with zero attached hydrogens (tertiary/aromatic N) is 5. The predicted octanol–water partition coefficient (Wildman–Crippen LogP) is 5.63. The fourth-order valence-corrected chi connectivity index (χ4v) is 4.10. The Bertz CT molecular complexity index is 1430. The standard InChI is InChI=1S/C27H27N5O3/c1-18(2)32-26-22(17-28-32)21(16-24(29-26)25-12-8-14-34-25)27(33)31(3)13-7-11-20-15-23(30-35-20)19-9-5-4-6-10-19/h4-6,8-10,12,14-18H,7,11,13H2,1-3H3. The average Bonchev–Trinajstić information content (AvgIpc) is 3.64. The van der Waals surface area contributed by atoms with Crippen molar-refractivity contribution in [3.63, 3.8) is 0 Å². The van der Waals surface area contributed by atoms with Crippen molar-refractivity contribution < 1.29 is 13.7 Å². The maximum absolute atomic E-state index is 13.5. The van der Waals surface area contributed by atoms with Crippen molar-refractivity contribution in [2.45, 2.75) is 32.7 Å². The zero-order valence-corrected chi connectivity index (χ0v) is 20.0. The summed E-state index contributed by atoms with van der Waals surface area (Å²) in [6, 6.07) is 17.4. The second-order valence-electron chi connectivity index (χ2n) is 8.83. The van der Waals surface area contributed by atoms with Crippen molar-refractivity contribution in [2.75, 3.05) is 13.6 Å². The molecule has 178 valence electrons. The molecule has 1 aromatic carbocycles. The first kappa shape index (κ1) is 22.6. The Morgan fingerprint density at radius 3 is 2.66 bits per heavy atom. The number of benzene rings is 1. The first-order valence-corrected chi connectivity index (χ1v) is 11.7. The summed E-state index contributed by atoms with van der Waals surface area (Å²) in [4.78, 5) is 20.0. The first-order valence-electron chi connectivity index (χ1n) is 11.7. The monoisotopic (exact) mass is 469 g/mol. The predicted molar refractivity (Wildman–Crippen MR) is 133 cm³/mol. The van der Waals surface area contributed by atoms with Gasteiger partial charge in [-0.1, -0.05) is 35.5 Å². The lowest BCUT2D eigenvalue weighted by Gasteiger charge is -2.18. The zero-order valence-electron chi connectivity index (χ0n) is 20.0. The number of amides is 1. The number of rotatable bonds is 8. The third-order valence-corrected chi connectivity index (χ3v) is 5.95. The molecule has 0 aliphatic carbocycles. The number of fused-ring (bicyclic) bond motifs is 1. The van der Waals surface area contributed by atoms with Gasteiger partial charge in [0, 0.05) is 37.7 Å². The molecule has 4 heterocycles. The number of furan rings is 1. The Morgan fingerprint density at radius 2 is 1.91 bits per heavy atom. The van der Waals surface area contributed by atoms with Gasteiger partial charge in [-0.05, 0) is 38.5 Å². The first-order chi connectivity index (χ1) is 17.0. The molecule has 5 aromatic rings. The summed E-state index contributed by atoms with van der Waals surface area (Å²) in [7, 11) is 1.81. The maximum atomic E-state index is 13.5. The number of aromatic nitrogens is 4. The van der Waals surface area contributed by atoms with E-state index in [2.05, 4.69) is 10.3 Å². The smallest absolute Gasteiger partial charge is 0.254 e. The topological polar surface area (TPSA) is 90.2 Å². The molecule has 1 amide bonds. The Morgan fingerprint density at radius 1 is 1.09 bits per heavy atom. The molecule has 0 saturated heterocycles. The molecular formula is C27H27N5O3. The highest BCUT2D eigenvalue weighted by atomic mass is 16.5. The number of carbonyl (C=O) groups is 1. The van der Waals surface area contributed by atoms with E-state index in [1.54, 1.807) is 29.5 Å². The van der Waals surface area contributed by atoms with Gasteiger partial charge >= 0.3 is 0 Å². The molecule has 5 rings (SSSR count). The maximum Gasteiger partial charge on any atom is 0.254 e. The van der Waals surface area contributed by atoms with Crippen LogP contribution in [0.15, 0.2) is 76.0 Å². The van der Waals surface area contributed by atoms with E-state index >= 15 is 0 Å². The van der Waals surface area contributed by atoms with Crippen molar-refractivity contribution in [3.8, 4) is 22.7 Å². The Hall–Kier alpha value is -4.20. The van der Waals surface area contributed by atoms with Crippen molar-refractivity contribution in [3.05, 3.63) is 78.4 Å². The van der Waals surface area contributed by atoms with Gasteiger partial charge in [-0.15, -0.1) is 0 Å². The second-order valence-corrected chi connectivity index (χ2v) is 8.83. The molecular weight excluding hydrogens is 442 g/mol. The van der Waals surface area contributed by atoms with Gasteiger partial charge in [0.15, 0.2) is 11.4 Å². The molecule has 0 aliphatic rings. The summed E-state index contributed by atoms with van der Waals surface area (Å²) in [5, 5.41) is 9.38. The van der Waals surface area contributed by atoms with Crippen LogP contribution in [0.25, 0.3) is 33.7 Å². The lowest BCUT2D eigenvalue weighted by molar-refractivity contribution is 0.0794. The largest absolute Gasteiger partial charge is 0.463 e. The van der Waals surface area contributed by atoms with Gasteiger partial charge in [-0.25, -0.2) is 9.67 Å². The van der Waals surface area contributed by atoms with Gasteiger partial charge in [-0.2, -0.15) is 5.10 Å². The number of pyridine rings is 1. The van der Waals surface area contributed by atoms with E-state index in [0.717, 1.165) is 28.8 Å². The molecule has 0 spiro atoms. The van der Waals surface area contributed by atoms with E-state index in [4.69, 9.17) is 13.9 Å². The Kier molecular flexibility index (Phi) is 6.18. The average molecular weight is 470 g/mol.